The summed E-state index contributed by atoms with van der Waals surface area (Å²) in [5.41, 5.74) is 0.636. The Labute approximate surface area is 159 Å². The van der Waals surface area contributed by atoms with E-state index in [-0.39, 0.29) is 6.61 Å². The molecule has 8 heteroatoms. The first-order valence-corrected chi connectivity index (χ1v) is 9.41. The maximum Gasteiger partial charge on any atom is 0.416 e. The van der Waals surface area contributed by atoms with Crippen LogP contribution in [0.3, 0.4) is 0 Å². The summed E-state index contributed by atoms with van der Waals surface area (Å²) in [5, 5.41) is 1.08. The monoisotopic (exact) mass is 445 g/mol. The lowest BCUT2D eigenvalue weighted by Gasteiger charge is -2.06. The van der Waals surface area contributed by atoms with Crippen LogP contribution in [-0.4, -0.2) is 4.98 Å². The van der Waals surface area contributed by atoms with Crippen molar-refractivity contribution in [1.82, 2.24) is 4.98 Å². The second-order valence-corrected chi connectivity index (χ2v) is 6.99. The summed E-state index contributed by atoms with van der Waals surface area (Å²) in [6.07, 6.45) is -4.37. The minimum absolute atomic E-state index is 0.197. The summed E-state index contributed by atoms with van der Waals surface area (Å²) >= 11 is 4.68. The van der Waals surface area contributed by atoms with Crippen molar-refractivity contribution in [2.24, 2.45) is 0 Å². The zero-order valence-electron chi connectivity index (χ0n) is 13.2. The SMILES string of the molecule is Fc1cccc(OCc2sc(-c3ccc(C(F)(F)F)cc3)nc2CBr)c1. The standard InChI is InChI=1S/C18H12BrF4NOS/c19-9-15-16(10-25-14-3-1-2-13(20)8-14)26-17(24-15)11-4-6-12(7-5-11)18(21,22)23/h1-8H,9-10H2. The molecule has 2 aromatic carbocycles. The molecule has 0 spiro atoms. The topological polar surface area (TPSA) is 22.1 Å². The Morgan fingerprint density at radius 2 is 1.81 bits per heavy atom. The van der Waals surface area contributed by atoms with Gasteiger partial charge in [-0.25, -0.2) is 9.37 Å². The Kier molecular flexibility index (Phi) is 5.62. The number of hydrogen-bond donors (Lipinski definition) is 0. The van der Waals surface area contributed by atoms with E-state index in [1.165, 1.54) is 35.6 Å². The quantitative estimate of drug-likeness (QED) is 0.332. The summed E-state index contributed by atoms with van der Waals surface area (Å²) < 4.78 is 56.8. The minimum atomic E-state index is -4.37. The van der Waals surface area contributed by atoms with Gasteiger partial charge in [0.1, 0.15) is 23.2 Å². The van der Waals surface area contributed by atoms with E-state index in [0.29, 0.717) is 21.7 Å². The number of thiazole rings is 1. The Morgan fingerprint density at radius 1 is 1.08 bits per heavy atom. The Hall–Kier alpha value is -1.93. The second kappa shape index (κ2) is 7.75. The molecule has 0 aliphatic carbocycles. The van der Waals surface area contributed by atoms with Crippen molar-refractivity contribution in [3.05, 3.63) is 70.5 Å². The molecule has 0 saturated carbocycles. The van der Waals surface area contributed by atoms with Crippen LogP contribution in [0.1, 0.15) is 16.1 Å². The van der Waals surface area contributed by atoms with Gasteiger partial charge in [0, 0.05) is 17.0 Å². The first kappa shape index (κ1) is 18.8. The van der Waals surface area contributed by atoms with Crippen molar-refractivity contribution in [2.45, 2.75) is 18.1 Å². The summed E-state index contributed by atoms with van der Waals surface area (Å²) in [6, 6.07) is 10.7. The Bertz CT molecular complexity index is 893. The lowest BCUT2D eigenvalue weighted by Crippen LogP contribution is -2.03. The summed E-state index contributed by atoms with van der Waals surface area (Å²) in [7, 11) is 0. The predicted molar refractivity (Wildman–Crippen MR) is 95.9 cm³/mol. The van der Waals surface area contributed by atoms with Crippen LogP contribution in [0.4, 0.5) is 17.6 Å². The molecule has 0 atom stereocenters. The number of hydrogen-bond acceptors (Lipinski definition) is 3. The van der Waals surface area contributed by atoms with Crippen molar-refractivity contribution in [1.29, 1.82) is 0 Å². The lowest BCUT2D eigenvalue weighted by atomic mass is 10.1. The molecule has 0 amide bonds. The van der Waals surface area contributed by atoms with Crippen LogP contribution < -0.4 is 4.74 Å². The Morgan fingerprint density at radius 3 is 2.42 bits per heavy atom. The van der Waals surface area contributed by atoms with Crippen molar-refractivity contribution >= 4 is 27.3 Å². The summed E-state index contributed by atoms with van der Waals surface area (Å²) in [6.45, 7) is 0.197. The van der Waals surface area contributed by atoms with Gasteiger partial charge < -0.3 is 4.74 Å². The van der Waals surface area contributed by atoms with E-state index >= 15 is 0 Å². The van der Waals surface area contributed by atoms with E-state index in [0.717, 1.165) is 22.7 Å². The van der Waals surface area contributed by atoms with Crippen LogP contribution in [0.15, 0.2) is 48.5 Å². The molecule has 1 aromatic heterocycles. The molecule has 0 unspecified atom stereocenters. The molecule has 0 bridgehead atoms. The molecule has 3 aromatic rings. The molecule has 0 aliphatic heterocycles. The smallest absolute Gasteiger partial charge is 0.416 e. The molecular formula is C18H12BrF4NOS. The normalized spacial score (nSPS) is 11.6. The number of rotatable bonds is 5. The van der Waals surface area contributed by atoms with Crippen molar-refractivity contribution in [2.75, 3.05) is 0 Å². The van der Waals surface area contributed by atoms with Gasteiger partial charge in [-0.1, -0.05) is 34.1 Å². The molecule has 0 fully saturated rings. The molecular weight excluding hydrogens is 434 g/mol. The molecule has 0 N–H and O–H groups in total. The van der Waals surface area contributed by atoms with E-state index in [4.69, 9.17) is 4.74 Å². The third kappa shape index (κ3) is 4.42. The molecule has 136 valence electrons. The fraction of sp³-hybridized carbons (Fsp3) is 0.167. The number of benzene rings is 2. The fourth-order valence-corrected chi connectivity index (χ4v) is 3.88. The number of nitrogens with zero attached hydrogens (tertiary/aromatic N) is 1. The van der Waals surface area contributed by atoms with E-state index in [2.05, 4.69) is 20.9 Å². The zero-order valence-corrected chi connectivity index (χ0v) is 15.6. The highest BCUT2D eigenvalue weighted by atomic mass is 79.9. The van der Waals surface area contributed by atoms with Crippen LogP contribution in [0, 0.1) is 5.82 Å². The van der Waals surface area contributed by atoms with E-state index in [9.17, 15) is 17.6 Å². The Balaban J connectivity index is 1.80. The third-order valence-corrected chi connectivity index (χ3v) is 5.18. The van der Waals surface area contributed by atoms with Crippen LogP contribution in [0.5, 0.6) is 5.75 Å². The van der Waals surface area contributed by atoms with E-state index in [1.54, 1.807) is 12.1 Å². The maximum absolute atomic E-state index is 13.2. The molecule has 0 saturated heterocycles. The molecule has 0 aliphatic rings. The van der Waals surface area contributed by atoms with Crippen LogP contribution >= 0.6 is 27.3 Å². The highest BCUT2D eigenvalue weighted by molar-refractivity contribution is 9.08. The molecule has 0 radical (unpaired) electrons. The third-order valence-electron chi connectivity index (χ3n) is 3.53. The average molecular weight is 446 g/mol. The summed E-state index contributed by atoms with van der Waals surface area (Å²) in [5.74, 6) is 0.00738. The van der Waals surface area contributed by atoms with E-state index in [1.807, 2.05) is 0 Å². The number of ether oxygens (including phenoxy) is 1. The zero-order chi connectivity index (χ0) is 18.7. The largest absolute Gasteiger partial charge is 0.488 e. The number of halogens is 5. The molecule has 2 nitrogen and oxygen atoms in total. The van der Waals surface area contributed by atoms with Gasteiger partial charge in [-0.05, 0) is 24.3 Å². The average Bonchev–Trinajstić information content (AvgIpc) is 3.03. The van der Waals surface area contributed by atoms with Gasteiger partial charge in [0.2, 0.25) is 0 Å². The van der Waals surface area contributed by atoms with Gasteiger partial charge in [-0.15, -0.1) is 11.3 Å². The number of aromatic nitrogens is 1. The number of alkyl halides is 4. The van der Waals surface area contributed by atoms with Gasteiger partial charge in [-0.2, -0.15) is 13.2 Å². The first-order valence-electron chi connectivity index (χ1n) is 7.47. The van der Waals surface area contributed by atoms with Crippen molar-refractivity contribution < 1.29 is 22.3 Å². The van der Waals surface area contributed by atoms with Crippen LogP contribution in [0.2, 0.25) is 0 Å². The van der Waals surface area contributed by atoms with Crippen LogP contribution in [0.25, 0.3) is 10.6 Å². The summed E-state index contributed by atoms with van der Waals surface area (Å²) in [4.78, 5) is 5.28. The highest BCUT2D eigenvalue weighted by Crippen LogP contribution is 2.34. The minimum Gasteiger partial charge on any atom is -0.488 e. The van der Waals surface area contributed by atoms with Gasteiger partial charge in [0.15, 0.2) is 0 Å². The second-order valence-electron chi connectivity index (χ2n) is 5.34. The molecule has 26 heavy (non-hydrogen) atoms. The van der Waals surface area contributed by atoms with Gasteiger partial charge >= 0.3 is 6.18 Å². The van der Waals surface area contributed by atoms with Gasteiger partial charge in [-0.3, -0.25) is 0 Å². The van der Waals surface area contributed by atoms with Crippen molar-refractivity contribution in [3.63, 3.8) is 0 Å². The molecule has 3 rings (SSSR count). The van der Waals surface area contributed by atoms with Crippen LogP contribution in [-0.2, 0) is 18.1 Å². The lowest BCUT2D eigenvalue weighted by molar-refractivity contribution is -0.137. The molecule has 1 heterocycles. The van der Waals surface area contributed by atoms with Gasteiger partial charge in [0.05, 0.1) is 16.1 Å². The van der Waals surface area contributed by atoms with Crippen molar-refractivity contribution in [3.8, 4) is 16.3 Å². The van der Waals surface area contributed by atoms with Gasteiger partial charge in [0.25, 0.3) is 0 Å². The first-order chi connectivity index (χ1) is 12.4. The van der Waals surface area contributed by atoms with E-state index < -0.39 is 17.6 Å². The highest BCUT2D eigenvalue weighted by Gasteiger charge is 2.30. The maximum atomic E-state index is 13.2. The fourth-order valence-electron chi connectivity index (χ4n) is 2.23. The predicted octanol–water partition coefficient (Wildman–Crippen LogP) is 6.44.